The second-order valence-corrected chi connectivity index (χ2v) is 8.38. The van der Waals surface area contributed by atoms with E-state index in [4.69, 9.17) is 4.74 Å². The lowest BCUT2D eigenvalue weighted by molar-refractivity contribution is 0.0947. The van der Waals surface area contributed by atoms with Crippen LogP contribution < -0.4 is 20.3 Å². The average molecular weight is 437 g/mol. The number of nitrogens with one attached hydrogen (secondary N) is 2. The van der Waals surface area contributed by atoms with Gasteiger partial charge in [0.25, 0.3) is 5.91 Å². The highest BCUT2D eigenvalue weighted by Crippen LogP contribution is 2.31. The second kappa shape index (κ2) is 10.5. The van der Waals surface area contributed by atoms with Gasteiger partial charge in [-0.05, 0) is 74.3 Å². The zero-order chi connectivity index (χ0) is 22.3. The molecule has 1 fully saturated rings. The lowest BCUT2D eigenvalue weighted by atomic mass is 10.0. The number of benzene rings is 2. The number of methoxy groups -OCH3 is 1. The Morgan fingerprint density at radius 3 is 2.44 bits per heavy atom. The number of fused-ring (bicyclic) bond motifs is 1. The summed E-state index contributed by atoms with van der Waals surface area (Å²) in [5, 5.41) is 6.01. The van der Waals surface area contributed by atoms with E-state index in [0.29, 0.717) is 30.8 Å². The molecule has 7 nitrogen and oxygen atoms in total. The van der Waals surface area contributed by atoms with Crippen LogP contribution in [0, 0.1) is 0 Å². The molecule has 0 atom stereocenters. The summed E-state index contributed by atoms with van der Waals surface area (Å²) < 4.78 is 5.16. The van der Waals surface area contributed by atoms with E-state index in [2.05, 4.69) is 15.5 Å². The van der Waals surface area contributed by atoms with Gasteiger partial charge in [0.2, 0.25) is 0 Å². The van der Waals surface area contributed by atoms with Crippen molar-refractivity contribution in [1.29, 1.82) is 0 Å². The number of amides is 3. The SMILES string of the molecule is COc1ccc(NC(=O)N2CCc3c(C(=O)NCCN4CCCCCC4)cccc32)cc1. The van der Waals surface area contributed by atoms with E-state index in [1.165, 1.54) is 25.7 Å². The van der Waals surface area contributed by atoms with Gasteiger partial charge in [-0.15, -0.1) is 0 Å². The summed E-state index contributed by atoms with van der Waals surface area (Å²) in [6.07, 6.45) is 5.77. The van der Waals surface area contributed by atoms with Crippen LogP contribution in [0.1, 0.15) is 41.6 Å². The molecule has 4 rings (SSSR count). The molecule has 2 aromatic carbocycles. The van der Waals surface area contributed by atoms with Gasteiger partial charge in [-0.3, -0.25) is 9.69 Å². The molecule has 0 bridgehead atoms. The highest BCUT2D eigenvalue weighted by Gasteiger charge is 2.28. The number of carbonyl (C=O) groups is 2. The molecule has 0 spiro atoms. The van der Waals surface area contributed by atoms with Gasteiger partial charge in [-0.2, -0.15) is 0 Å². The Hall–Kier alpha value is -3.06. The van der Waals surface area contributed by atoms with Crippen LogP contribution in [-0.4, -0.2) is 56.7 Å². The summed E-state index contributed by atoms with van der Waals surface area (Å²) in [5.74, 6) is 0.676. The fourth-order valence-corrected chi connectivity index (χ4v) is 4.51. The standard InChI is InChI=1S/C25H32N4O3/c1-32-20-11-9-19(10-12-20)27-25(31)29-17-13-21-22(7-6-8-23(21)29)24(30)26-14-18-28-15-4-2-3-5-16-28/h6-12H,2-5,13-18H2,1H3,(H,26,30)(H,27,31). The maximum atomic E-state index is 12.9. The van der Waals surface area contributed by atoms with E-state index in [1.54, 1.807) is 12.0 Å². The number of hydrogen-bond acceptors (Lipinski definition) is 4. The molecule has 0 aliphatic carbocycles. The molecule has 2 N–H and O–H groups in total. The van der Waals surface area contributed by atoms with E-state index in [0.717, 1.165) is 36.6 Å². The third kappa shape index (κ3) is 5.22. The first-order chi connectivity index (χ1) is 15.7. The molecular formula is C25H32N4O3. The van der Waals surface area contributed by atoms with E-state index < -0.39 is 0 Å². The topological polar surface area (TPSA) is 73.9 Å². The van der Waals surface area contributed by atoms with Crippen LogP contribution in [0.3, 0.4) is 0 Å². The number of carbonyl (C=O) groups excluding carboxylic acids is 2. The van der Waals surface area contributed by atoms with E-state index in [9.17, 15) is 9.59 Å². The van der Waals surface area contributed by atoms with E-state index >= 15 is 0 Å². The summed E-state index contributed by atoms with van der Waals surface area (Å²) in [6, 6.07) is 12.6. The predicted octanol–water partition coefficient (Wildman–Crippen LogP) is 3.90. The van der Waals surface area contributed by atoms with Crippen molar-refractivity contribution < 1.29 is 14.3 Å². The minimum absolute atomic E-state index is 0.0610. The van der Waals surface area contributed by atoms with Crippen LogP contribution in [0.5, 0.6) is 5.75 Å². The molecule has 170 valence electrons. The van der Waals surface area contributed by atoms with E-state index in [-0.39, 0.29) is 11.9 Å². The maximum absolute atomic E-state index is 12.9. The fourth-order valence-electron chi connectivity index (χ4n) is 4.51. The minimum atomic E-state index is -0.201. The molecule has 0 radical (unpaired) electrons. The van der Waals surface area contributed by atoms with Crippen LogP contribution in [0.25, 0.3) is 0 Å². The van der Waals surface area contributed by atoms with Crippen molar-refractivity contribution in [3.05, 3.63) is 53.6 Å². The molecule has 0 unspecified atom stereocenters. The summed E-state index contributed by atoms with van der Waals surface area (Å²) in [4.78, 5) is 29.9. The van der Waals surface area contributed by atoms with Gasteiger partial charge in [0.05, 0.1) is 7.11 Å². The molecule has 7 heteroatoms. The largest absolute Gasteiger partial charge is 0.497 e. The number of anilines is 2. The van der Waals surface area contributed by atoms with Gasteiger partial charge in [-0.25, -0.2) is 4.79 Å². The number of hydrogen-bond donors (Lipinski definition) is 2. The number of rotatable bonds is 6. The smallest absolute Gasteiger partial charge is 0.326 e. The molecule has 32 heavy (non-hydrogen) atoms. The van der Waals surface area contributed by atoms with Gasteiger partial charge in [0.15, 0.2) is 0 Å². The first-order valence-electron chi connectivity index (χ1n) is 11.5. The maximum Gasteiger partial charge on any atom is 0.326 e. The molecular weight excluding hydrogens is 404 g/mol. The van der Waals surface area contributed by atoms with Crippen molar-refractivity contribution in [3.63, 3.8) is 0 Å². The molecule has 1 saturated heterocycles. The number of urea groups is 1. The van der Waals surface area contributed by atoms with Crippen LogP contribution in [-0.2, 0) is 6.42 Å². The molecule has 3 amide bonds. The third-order valence-corrected chi connectivity index (χ3v) is 6.27. The van der Waals surface area contributed by atoms with E-state index in [1.807, 2.05) is 42.5 Å². The molecule has 2 aliphatic heterocycles. The lowest BCUT2D eigenvalue weighted by Crippen LogP contribution is -2.35. The number of ether oxygens (including phenoxy) is 1. The first kappa shape index (κ1) is 22.1. The average Bonchev–Trinajstić information content (AvgIpc) is 3.09. The summed E-state index contributed by atoms with van der Waals surface area (Å²) in [5.41, 5.74) is 3.10. The Bertz CT molecular complexity index is 937. The molecule has 0 aromatic heterocycles. The zero-order valence-corrected chi connectivity index (χ0v) is 18.7. The van der Waals surface area contributed by atoms with Crippen molar-refractivity contribution in [2.45, 2.75) is 32.1 Å². The Morgan fingerprint density at radius 1 is 0.969 bits per heavy atom. The molecule has 2 heterocycles. The highest BCUT2D eigenvalue weighted by atomic mass is 16.5. The third-order valence-electron chi connectivity index (χ3n) is 6.27. The number of nitrogens with zero attached hydrogens (tertiary/aromatic N) is 2. The predicted molar refractivity (Wildman–Crippen MR) is 127 cm³/mol. The number of likely N-dealkylation sites (tertiary alicyclic amines) is 1. The van der Waals surface area contributed by atoms with Gasteiger partial charge in [-0.1, -0.05) is 18.9 Å². The summed E-state index contributed by atoms with van der Waals surface area (Å²) in [7, 11) is 1.61. The van der Waals surface area contributed by atoms with Gasteiger partial charge in [0.1, 0.15) is 5.75 Å². The van der Waals surface area contributed by atoms with Crippen LogP contribution in [0.2, 0.25) is 0 Å². The van der Waals surface area contributed by atoms with Crippen LogP contribution >= 0.6 is 0 Å². The fraction of sp³-hybridized carbons (Fsp3) is 0.440. The van der Waals surface area contributed by atoms with Crippen molar-refractivity contribution in [3.8, 4) is 5.75 Å². The van der Waals surface area contributed by atoms with Crippen LogP contribution in [0.4, 0.5) is 16.2 Å². The zero-order valence-electron chi connectivity index (χ0n) is 18.7. The molecule has 2 aliphatic rings. The quantitative estimate of drug-likeness (QED) is 0.720. The van der Waals surface area contributed by atoms with Crippen molar-refractivity contribution in [2.24, 2.45) is 0 Å². The Kier molecular flexibility index (Phi) is 7.27. The minimum Gasteiger partial charge on any atom is -0.497 e. The highest BCUT2D eigenvalue weighted by molar-refractivity contribution is 6.05. The van der Waals surface area contributed by atoms with Crippen LogP contribution in [0.15, 0.2) is 42.5 Å². The van der Waals surface area contributed by atoms with Gasteiger partial charge in [0, 0.05) is 36.6 Å². The van der Waals surface area contributed by atoms with Gasteiger partial charge >= 0.3 is 6.03 Å². The summed E-state index contributed by atoms with van der Waals surface area (Å²) in [6.45, 7) is 4.32. The molecule has 2 aromatic rings. The molecule has 0 saturated carbocycles. The Morgan fingerprint density at radius 2 is 1.72 bits per heavy atom. The summed E-state index contributed by atoms with van der Waals surface area (Å²) >= 11 is 0. The van der Waals surface area contributed by atoms with Crippen molar-refractivity contribution in [2.75, 3.05) is 50.1 Å². The Balaban J connectivity index is 1.37. The Labute approximate surface area is 189 Å². The first-order valence-corrected chi connectivity index (χ1v) is 11.5. The normalized spacial score (nSPS) is 16.2. The van der Waals surface area contributed by atoms with Crippen molar-refractivity contribution in [1.82, 2.24) is 10.2 Å². The monoisotopic (exact) mass is 436 g/mol. The lowest BCUT2D eigenvalue weighted by Gasteiger charge is -2.20. The van der Waals surface area contributed by atoms with Crippen molar-refractivity contribution >= 4 is 23.3 Å². The van der Waals surface area contributed by atoms with Gasteiger partial charge < -0.3 is 20.3 Å². The second-order valence-electron chi connectivity index (χ2n) is 8.38.